The Bertz CT molecular complexity index is 840. The van der Waals surface area contributed by atoms with Crippen LogP contribution in [0.1, 0.15) is 5.56 Å². The first-order valence-corrected chi connectivity index (χ1v) is 7.90. The summed E-state index contributed by atoms with van der Waals surface area (Å²) in [6.07, 6.45) is 1.63. The molecule has 0 bridgehead atoms. The summed E-state index contributed by atoms with van der Waals surface area (Å²) in [5, 5.41) is 7.08. The van der Waals surface area contributed by atoms with Crippen molar-refractivity contribution >= 4 is 40.7 Å². The highest BCUT2D eigenvalue weighted by Crippen LogP contribution is 2.31. The molecule has 0 saturated carbocycles. The average molecular weight is 363 g/mol. The van der Waals surface area contributed by atoms with Crippen LogP contribution >= 0.6 is 23.2 Å². The van der Waals surface area contributed by atoms with Crippen molar-refractivity contribution in [1.29, 1.82) is 0 Å². The Morgan fingerprint density at radius 3 is 2.58 bits per heavy atom. The molecule has 2 aromatic carbocycles. The van der Waals surface area contributed by atoms with Gasteiger partial charge < -0.3 is 10.6 Å². The highest BCUT2D eigenvalue weighted by Gasteiger charge is 2.06. The molecule has 0 unspecified atom stereocenters. The zero-order chi connectivity index (χ0) is 16.9. The van der Waals surface area contributed by atoms with Crippen molar-refractivity contribution in [2.24, 2.45) is 0 Å². The fraction of sp³-hybridized carbons (Fsp3) is 0.0588. The number of rotatable bonds is 5. The molecule has 0 aliphatic rings. The van der Waals surface area contributed by atoms with E-state index in [4.69, 9.17) is 23.2 Å². The van der Waals surface area contributed by atoms with E-state index in [0.29, 0.717) is 34.0 Å². The predicted molar refractivity (Wildman–Crippen MR) is 95.5 cm³/mol. The van der Waals surface area contributed by atoms with Crippen LogP contribution in [0, 0.1) is 5.82 Å². The van der Waals surface area contributed by atoms with Crippen LogP contribution in [-0.2, 0) is 6.54 Å². The lowest BCUT2D eigenvalue weighted by molar-refractivity contribution is 0.627. The Morgan fingerprint density at radius 2 is 1.79 bits per heavy atom. The van der Waals surface area contributed by atoms with Crippen molar-refractivity contribution in [1.82, 2.24) is 9.97 Å². The van der Waals surface area contributed by atoms with E-state index >= 15 is 0 Å². The van der Waals surface area contributed by atoms with Gasteiger partial charge in [0.05, 0.1) is 15.7 Å². The van der Waals surface area contributed by atoms with Gasteiger partial charge in [0, 0.05) is 12.7 Å². The second kappa shape index (κ2) is 7.47. The molecule has 0 aliphatic heterocycles. The van der Waals surface area contributed by atoms with Crippen molar-refractivity contribution in [3.63, 3.8) is 0 Å². The van der Waals surface area contributed by atoms with Gasteiger partial charge in [-0.25, -0.2) is 9.37 Å². The van der Waals surface area contributed by atoms with E-state index in [-0.39, 0.29) is 5.82 Å². The van der Waals surface area contributed by atoms with Gasteiger partial charge in [-0.2, -0.15) is 4.98 Å². The predicted octanol–water partition coefficient (Wildman–Crippen LogP) is 5.28. The van der Waals surface area contributed by atoms with Crippen molar-refractivity contribution < 1.29 is 4.39 Å². The molecule has 0 saturated heterocycles. The van der Waals surface area contributed by atoms with E-state index in [2.05, 4.69) is 20.6 Å². The summed E-state index contributed by atoms with van der Waals surface area (Å²) in [7, 11) is 0. The van der Waals surface area contributed by atoms with Gasteiger partial charge in [0.2, 0.25) is 5.95 Å². The van der Waals surface area contributed by atoms with Crippen LogP contribution in [0.25, 0.3) is 0 Å². The number of hydrogen-bond acceptors (Lipinski definition) is 4. The number of anilines is 3. The van der Waals surface area contributed by atoms with Crippen LogP contribution < -0.4 is 10.6 Å². The van der Waals surface area contributed by atoms with Gasteiger partial charge in [0.1, 0.15) is 11.6 Å². The number of nitrogens with one attached hydrogen (secondary N) is 2. The highest BCUT2D eigenvalue weighted by atomic mass is 35.5. The average Bonchev–Trinajstić information content (AvgIpc) is 2.59. The number of halogens is 3. The number of hydrogen-bond donors (Lipinski definition) is 2. The van der Waals surface area contributed by atoms with Gasteiger partial charge in [0.25, 0.3) is 0 Å². The quantitative estimate of drug-likeness (QED) is 0.648. The number of benzene rings is 2. The molecule has 0 spiro atoms. The Hall–Kier alpha value is -2.37. The molecule has 0 amide bonds. The molecular weight excluding hydrogens is 350 g/mol. The standard InChI is InChI=1S/C17H13Cl2FN4/c18-13-2-1-3-14(16(13)19)23-15-8-9-21-17(24-15)22-10-11-4-6-12(20)7-5-11/h1-9H,10H2,(H2,21,22,23,24). The molecule has 0 radical (unpaired) electrons. The first kappa shape index (κ1) is 16.5. The number of aromatic nitrogens is 2. The molecule has 3 aromatic rings. The van der Waals surface area contributed by atoms with Crippen LogP contribution in [0.15, 0.2) is 54.7 Å². The zero-order valence-electron chi connectivity index (χ0n) is 12.4. The van der Waals surface area contributed by atoms with Gasteiger partial charge in [-0.3, -0.25) is 0 Å². The third-order valence-electron chi connectivity index (χ3n) is 3.23. The third-order valence-corrected chi connectivity index (χ3v) is 4.05. The molecule has 7 heteroatoms. The maximum atomic E-state index is 12.9. The Balaban J connectivity index is 1.69. The molecule has 1 heterocycles. The molecule has 0 aliphatic carbocycles. The molecular formula is C17H13Cl2FN4. The van der Waals surface area contributed by atoms with Crippen molar-refractivity contribution in [3.8, 4) is 0 Å². The van der Waals surface area contributed by atoms with Gasteiger partial charge in [-0.15, -0.1) is 0 Å². The fourth-order valence-corrected chi connectivity index (χ4v) is 2.38. The van der Waals surface area contributed by atoms with Crippen LogP contribution in [0.2, 0.25) is 10.0 Å². The second-order valence-corrected chi connectivity index (χ2v) is 5.76. The lowest BCUT2D eigenvalue weighted by Gasteiger charge is -2.10. The van der Waals surface area contributed by atoms with Crippen LogP contribution in [0.3, 0.4) is 0 Å². The number of nitrogens with zero attached hydrogens (tertiary/aromatic N) is 2. The molecule has 2 N–H and O–H groups in total. The zero-order valence-corrected chi connectivity index (χ0v) is 13.9. The van der Waals surface area contributed by atoms with Gasteiger partial charge in [0.15, 0.2) is 0 Å². The Labute approximate surface area is 148 Å². The molecule has 24 heavy (non-hydrogen) atoms. The van der Waals surface area contributed by atoms with Gasteiger partial charge in [-0.05, 0) is 35.9 Å². The molecule has 0 fully saturated rings. The lowest BCUT2D eigenvalue weighted by atomic mass is 10.2. The molecule has 1 aromatic heterocycles. The van der Waals surface area contributed by atoms with Gasteiger partial charge >= 0.3 is 0 Å². The van der Waals surface area contributed by atoms with Gasteiger partial charge in [-0.1, -0.05) is 41.4 Å². The SMILES string of the molecule is Fc1ccc(CNc2nccc(Nc3cccc(Cl)c3Cl)n2)cc1. The molecule has 122 valence electrons. The largest absolute Gasteiger partial charge is 0.350 e. The summed E-state index contributed by atoms with van der Waals surface area (Å²) in [5.41, 5.74) is 1.59. The second-order valence-electron chi connectivity index (χ2n) is 4.97. The monoisotopic (exact) mass is 362 g/mol. The van der Waals surface area contributed by atoms with Crippen molar-refractivity contribution in [2.75, 3.05) is 10.6 Å². The summed E-state index contributed by atoms with van der Waals surface area (Å²) in [4.78, 5) is 8.52. The summed E-state index contributed by atoms with van der Waals surface area (Å²) < 4.78 is 12.9. The van der Waals surface area contributed by atoms with E-state index < -0.39 is 0 Å². The fourth-order valence-electron chi connectivity index (χ4n) is 2.04. The topological polar surface area (TPSA) is 49.8 Å². The maximum absolute atomic E-state index is 12.9. The normalized spacial score (nSPS) is 10.5. The summed E-state index contributed by atoms with van der Waals surface area (Å²) in [6.45, 7) is 0.488. The summed E-state index contributed by atoms with van der Waals surface area (Å²) in [5.74, 6) is 0.762. The lowest BCUT2D eigenvalue weighted by Crippen LogP contribution is -2.05. The minimum atomic E-state index is -0.264. The highest BCUT2D eigenvalue weighted by molar-refractivity contribution is 6.43. The molecule has 3 rings (SSSR count). The van der Waals surface area contributed by atoms with Crippen LogP contribution in [-0.4, -0.2) is 9.97 Å². The van der Waals surface area contributed by atoms with E-state index in [1.165, 1.54) is 12.1 Å². The summed E-state index contributed by atoms with van der Waals surface area (Å²) >= 11 is 12.1. The summed E-state index contributed by atoms with van der Waals surface area (Å²) in [6, 6.07) is 13.3. The van der Waals surface area contributed by atoms with E-state index in [1.54, 1.807) is 36.5 Å². The minimum absolute atomic E-state index is 0.264. The maximum Gasteiger partial charge on any atom is 0.224 e. The Morgan fingerprint density at radius 1 is 1.00 bits per heavy atom. The first-order valence-electron chi connectivity index (χ1n) is 7.14. The Kier molecular flexibility index (Phi) is 5.13. The van der Waals surface area contributed by atoms with E-state index in [0.717, 1.165) is 5.56 Å². The van der Waals surface area contributed by atoms with Crippen LogP contribution in [0.4, 0.5) is 21.8 Å². The minimum Gasteiger partial charge on any atom is -0.350 e. The third kappa shape index (κ3) is 4.13. The first-order chi connectivity index (χ1) is 11.6. The van der Waals surface area contributed by atoms with E-state index in [9.17, 15) is 4.39 Å². The molecule has 4 nitrogen and oxygen atoms in total. The smallest absolute Gasteiger partial charge is 0.224 e. The van der Waals surface area contributed by atoms with Crippen molar-refractivity contribution in [3.05, 3.63) is 76.2 Å². The van der Waals surface area contributed by atoms with E-state index in [1.807, 2.05) is 6.07 Å². The van der Waals surface area contributed by atoms with Crippen LogP contribution in [0.5, 0.6) is 0 Å². The van der Waals surface area contributed by atoms with Crippen molar-refractivity contribution in [2.45, 2.75) is 6.54 Å². The molecule has 0 atom stereocenters.